The Kier molecular flexibility index (Phi) is 3.73. The molecule has 0 aromatic rings. The normalized spacial score (nSPS) is 29.6. The second-order valence-electron chi connectivity index (χ2n) is 5.93. The Morgan fingerprint density at radius 3 is 2.59 bits per heavy atom. The zero-order chi connectivity index (χ0) is 12.5. The molecule has 0 spiro atoms. The van der Waals surface area contributed by atoms with Gasteiger partial charge in [-0.15, -0.1) is 0 Å². The molecule has 2 heterocycles. The molecule has 2 fully saturated rings. The highest BCUT2D eigenvalue weighted by Gasteiger charge is 2.40. The van der Waals surface area contributed by atoms with E-state index in [1.165, 1.54) is 0 Å². The van der Waals surface area contributed by atoms with Gasteiger partial charge in [0.1, 0.15) is 0 Å². The molecular weight excluding hydrogens is 218 g/mol. The standard InChI is InChI=1S/C13H23NO3/c1-13(2)8-11(15)9-14(13)12(16)7-10-3-5-17-6-4-10/h10-11,15H,3-9H2,1-2H3. The highest BCUT2D eigenvalue weighted by atomic mass is 16.5. The average molecular weight is 241 g/mol. The van der Waals surface area contributed by atoms with Crippen molar-refractivity contribution in [1.29, 1.82) is 0 Å². The Morgan fingerprint density at radius 1 is 1.41 bits per heavy atom. The molecule has 0 bridgehead atoms. The SMILES string of the molecule is CC1(C)CC(O)CN1C(=O)CC1CCOCC1. The van der Waals surface area contributed by atoms with Crippen LogP contribution in [0, 0.1) is 5.92 Å². The molecule has 1 N–H and O–H groups in total. The molecule has 98 valence electrons. The van der Waals surface area contributed by atoms with Crippen molar-refractivity contribution in [2.45, 2.75) is 51.2 Å². The van der Waals surface area contributed by atoms with Gasteiger partial charge in [0, 0.05) is 31.7 Å². The summed E-state index contributed by atoms with van der Waals surface area (Å²) < 4.78 is 5.30. The fourth-order valence-corrected chi connectivity index (χ4v) is 2.96. The molecule has 0 aromatic heterocycles. The lowest BCUT2D eigenvalue weighted by Gasteiger charge is -2.33. The lowest BCUT2D eigenvalue weighted by molar-refractivity contribution is -0.136. The first-order chi connectivity index (χ1) is 7.99. The molecule has 2 saturated heterocycles. The van der Waals surface area contributed by atoms with Crippen molar-refractivity contribution < 1.29 is 14.6 Å². The van der Waals surface area contributed by atoms with E-state index >= 15 is 0 Å². The Labute approximate surface area is 103 Å². The summed E-state index contributed by atoms with van der Waals surface area (Å²) in [5.41, 5.74) is -0.193. The molecule has 1 amide bonds. The number of carbonyl (C=O) groups is 1. The van der Waals surface area contributed by atoms with Crippen LogP contribution in [0.3, 0.4) is 0 Å². The van der Waals surface area contributed by atoms with Crippen molar-refractivity contribution >= 4 is 5.91 Å². The predicted molar refractivity (Wildman–Crippen MR) is 64.6 cm³/mol. The molecule has 2 aliphatic rings. The summed E-state index contributed by atoms with van der Waals surface area (Å²) in [5.74, 6) is 0.656. The van der Waals surface area contributed by atoms with Crippen LogP contribution in [-0.2, 0) is 9.53 Å². The molecule has 1 unspecified atom stereocenters. The third-order valence-corrected chi connectivity index (χ3v) is 3.96. The van der Waals surface area contributed by atoms with Crippen LogP contribution in [0.1, 0.15) is 39.5 Å². The fourth-order valence-electron chi connectivity index (χ4n) is 2.96. The van der Waals surface area contributed by atoms with Gasteiger partial charge in [-0.25, -0.2) is 0 Å². The lowest BCUT2D eigenvalue weighted by atomic mass is 9.94. The van der Waals surface area contributed by atoms with Gasteiger partial charge in [0.2, 0.25) is 5.91 Å². The first kappa shape index (κ1) is 12.8. The van der Waals surface area contributed by atoms with Gasteiger partial charge in [-0.2, -0.15) is 0 Å². The summed E-state index contributed by atoms with van der Waals surface area (Å²) >= 11 is 0. The summed E-state index contributed by atoms with van der Waals surface area (Å²) in [6, 6.07) is 0. The van der Waals surface area contributed by atoms with E-state index in [1.54, 1.807) is 0 Å². The van der Waals surface area contributed by atoms with E-state index in [9.17, 15) is 9.90 Å². The van der Waals surface area contributed by atoms with E-state index in [0.717, 1.165) is 26.1 Å². The lowest BCUT2D eigenvalue weighted by Crippen LogP contribution is -2.43. The van der Waals surface area contributed by atoms with Gasteiger partial charge in [0.15, 0.2) is 0 Å². The first-order valence-electron chi connectivity index (χ1n) is 6.55. The Hall–Kier alpha value is -0.610. The summed E-state index contributed by atoms with van der Waals surface area (Å²) in [5, 5.41) is 9.68. The van der Waals surface area contributed by atoms with Crippen molar-refractivity contribution in [3.63, 3.8) is 0 Å². The zero-order valence-electron chi connectivity index (χ0n) is 10.8. The Morgan fingerprint density at radius 2 is 2.06 bits per heavy atom. The number of hydrogen-bond acceptors (Lipinski definition) is 3. The molecule has 0 radical (unpaired) electrons. The molecule has 2 rings (SSSR count). The predicted octanol–water partition coefficient (Wildman–Crippen LogP) is 1.17. The molecular formula is C13H23NO3. The number of rotatable bonds is 2. The monoisotopic (exact) mass is 241 g/mol. The van der Waals surface area contributed by atoms with Gasteiger partial charge < -0.3 is 14.7 Å². The van der Waals surface area contributed by atoms with Crippen LogP contribution in [0.5, 0.6) is 0 Å². The van der Waals surface area contributed by atoms with E-state index in [2.05, 4.69) is 0 Å². The molecule has 0 aromatic carbocycles. The van der Waals surface area contributed by atoms with Crippen molar-refractivity contribution in [2.24, 2.45) is 5.92 Å². The topological polar surface area (TPSA) is 49.8 Å². The van der Waals surface area contributed by atoms with E-state index in [-0.39, 0.29) is 17.6 Å². The zero-order valence-corrected chi connectivity index (χ0v) is 10.8. The largest absolute Gasteiger partial charge is 0.391 e. The maximum atomic E-state index is 12.2. The molecule has 2 aliphatic heterocycles. The van der Waals surface area contributed by atoms with Crippen molar-refractivity contribution in [3.05, 3.63) is 0 Å². The van der Waals surface area contributed by atoms with Gasteiger partial charge >= 0.3 is 0 Å². The molecule has 1 atom stereocenters. The molecule has 0 aliphatic carbocycles. The number of aliphatic hydroxyl groups excluding tert-OH is 1. The van der Waals surface area contributed by atoms with Crippen LogP contribution in [0.4, 0.5) is 0 Å². The first-order valence-corrected chi connectivity index (χ1v) is 6.55. The van der Waals surface area contributed by atoms with E-state index in [0.29, 0.717) is 25.3 Å². The molecule has 17 heavy (non-hydrogen) atoms. The van der Waals surface area contributed by atoms with Gasteiger partial charge in [-0.1, -0.05) is 0 Å². The molecule has 4 nitrogen and oxygen atoms in total. The summed E-state index contributed by atoms with van der Waals surface area (Å²) in [4.78, 5) is 14.1. The Bertz CT molecular complexity index is 284. The second-order valence-corrected chi connectivity index (χ2v) is 5.93. The van der Waals surface area contributed by atoms with Gasteiger partial charge in [-0.3, -0.25) is 4.79 Å². The quantitative estimate of drug-likeness (QED) is 0.789. The number of carbonyl (C=O) groups excluding carboxylic acids is 1. The maximum absolute atomic E-state index is 12.2. The van der Waals surface area contributed by atoms with Gasteiger partial charge in [0.05, 0.1) is 6.10 Å². The van der Waals surface area contributed by atoms with E-state index < -0.39 is 0 Å². The van der Waals surface area contributed by atoms with Crippen LogP contribution in [0.25, 0.3) is 0 Å². The van der Waals surface area contributed by atoms with Crippen LogP contribution in [0.2, 0.25) is 0 Å². The highest BCUT2D eigenvalue weighted by Crippen LogP contribution is 2.30. The van der Waals surface area contributed by atoms with E-state index in [1.807, 2.05) is 18.7 Å². The van der Waals surface area contributed by atoms with Crippen LogP contribution < -0.4 is 0 Å². The van der Waals surface area contributed by atoms with Crippen LogP contribution in [0.15, 0.2) is 0 Å². The third kappa shape index (κ3) is 2.99. The smallest absolute Gasteiger partial charge is 0.223 e. The minimum Gasteiger partial charge on any atom is -0.391 e. The summed E-state index contributed by atoms with van der Waals surface area (Å²) in [6.07, 6.45) is 2.92. The minimum atomic E-state index is -0.358. The maximum Gasteiger partial charge on any atom is 0.223 e. The van der Waals surface area contributed by atoms with Gasteiger partial charge in [0.25, 0.3) is 0 Å². The number of amides is 1. The van der Waals surface area contributed by atoms with Crippen molar-refractivity contribution in [3.8, 4) is 0 Å². The van der Waals surface area contributed by atoms with Crippen molar-refractivity contribution in [2.75, 3.05) is 19.8 Å². The summed E-state index contributed by atoms with van der Waals surface area (Å²) in [7, 11) is 0. The van der Waals surface area contributed by atoms with Gasteiger partial charge in [-0.05, 0) is 39.0 Å². The van der Waals surface area contributed by atoms with Crippen LogP contribution in [-0.4, -0.2) is 47.3 Å². The highest BCUT2D eigenvalue weighted by molar-refractivity contribution is 5.77. The summed E-state index contributed by atoms with van der Waals surface area (Å²) in [6.45, 7) is 6.12. The number of hydrogen-bond donors (Lipinski definition) is 1. The van der Waals surface area contributed by atoms with E-state index in [4.69, 9.17) is 4.74 Å². The average Bonchev–Trinajstić information content (AvgIpc) is 2.53. The number of ether oxygens (including phenoxy) is 1. The second kappa shape index (κ2) is 4.94. The number of aliphatic hydroxyl groups is 1. The number of nitrogens with zero attached hydrogens (tertiary/aromatic N) is 1. The third-order valence-electron chi connectivity index (χ3n) is 3.96. The fraction of sp³-hybridized carbons (Fsp3) is 0.923. The van der Waals surface area contributed by atoms with Crippen LogP contribution >= 0.6 is 0 Å². The number of β-amino-alcohol motifs (C(OH)–C–C–N with tert-alkyl or cyclic N) is 1. The van der Waals surface area contributed by atoms with Crippen molar-refractivity contribution in [1.82, 2.24) is 4.90 Å². The molecule has 0 saturated carbocycles. The molecule has 4 heteroatoms. The Balaban J connectivity index is 1.91. The minimum absolute atomic E-state index is 0.193. The number of likely N-dealkylation sites (tertiary alicyclic amines) is 1.